The summed E-state index contributed by atoms with van der Waals surface area (Å²) in [6.07, 6.45) is 5.24. The molecule has 0 bridgehead atoms. The molecule has 3 aromatic carbocycles. The zero-order chi connectivity index (χ0) is 33.1. The number of amides is 1. The molecule has 46 heavy (non-hydrogen) atoms. The fourth-order valence-corrected chi connectivity index (χ4v) is 6.53. The van der Waals surface area contributed by atoms with Gasteiger partial charge in [-0.25, -0.2) is 9.98 Å². The van der Waals surface area contributed by atoms with Crippen LogP contribution in [-0.4, -0.2) is 60.3 Å². The van der Waals surface area contributed by atoms with Gasteiger partial charge in [0.25, 0.3) is 0 Å². The van der Waals surface area contributed by atoms with Crippen molar-refractivity contribution in [1.82, 2.24) is 10.2 Å². The molecule has 1 amide bonds. The Kier molecular flexibility index (Phi) is 13.3. The number of fused-ring (bicyclic) bond motifs is 1. The Balaban J connectivity index is 0.000000266. The van der Waals surface area contributed by atoms with Crippen LogP contribution >= 0.6 is 23.4 Å². The number of thioether (sulfide) groups is 1. The fourth-order valence-electron chi connectivity index (χ4n) is 5.38. The Morgan fingerprint density at radius 1 is 0.978 bits per heavy atom. The molecule has 0 saturated heterocycles. The molecule has 9 heteroatoms. The van der Waals surface area contributed by atoms with Crippen LogP contribution in [0.3, 0.4) is 0 Å². The Morgan fingerprint density at radius 2 is 1.65 bits per heavy atom. The molecule has 0 radical (unpaired) electrons. The molecule has 7 nitrogen and oxygen atoms in total. The molecule has 1 unspecified atom stereocenters. The molecule has 0 spiro atoms. The van der Waals surface area contributed by atoms with Crippen molar-refractivity contribution in [2.75, 3.05) is 20.7 Å². The molecule has 3 aromatic rings. The second-order valence-electron chi connectivity index (χ2n) is 12.0. The van der Waals surface area contributed by atoms with Crippen LogP contribution in [0.15, 0.2) is 87.7 Å². The third kappa shape index (κ3) is 10.7. The van der Waals surface area contributed by atoms with E-state index in [-0.39, 0.29) is 24.2 Å². The number of halogens is 1. The van der Waals surface area contributed by atoms with Gasteiger partial charge in [0.2, 0.25) is 5.91 Å². The van der Waals surface area contributed by atoms with Crippen LogP contribution in [0, 0.1) is 5.92 Å². The molecule has 1 heterocycles. The summed E-state index contributed by atoms with van der Waals surface area (Å²) in [6, 6.07) is 22.9. The van der Waals surface area contributed by atoms with Crippen LogP contribution in [0.25, 0.3) is 0 Å². The highest BCUT2D eigenvalue weighted by atomic mass is 35.5. The van der Waals surface area contributed by atoms with E-state index in [1.165, 1.54) is 17.3 Å². The first-order valence-electron chi connectivity index (χ1n) is 16.0. The molecule has 1 saturated carbocycles. The van der Waals surface area contributed by atoms with E-state index in [1.54, 1.807) is 36.4 Å². The molecule has 1 N–H and O–H groups in total. The van der Waals surface area contributed by atoms with E-state index >= 15 is 0 Å². The molecular formula is C37H45ClN4O3S. The second-order valence-corrected chi connectivity index (χ2v) is 13.7. The number of aliphatic imine (C=N–C) groups is 2. The van der Waals surface area contributed by atoms with Gasteiger partial charge in [-0.3, -0.25) is 9.59 Å². The fraction of sp³-hybridized carbons (Fsp3) is 0.405. The van der Waals surface area contributed by atoms with Gasteiger partial charge in [0.15, 0.2) is 5.78 Å². The van der Waals surface area contributed by atoms with Gasteiger partial charge in [-0.05, 0) is 106 Å². The molecule has 1 aliphatic carbocycles. The van der Waals surface area contributed by atoms with Gasteiger partial charge >= 0.3 is 0 Å². The van der Waals surface area contributed by atoms with E-state index in [4.69, 9.17) is 16.3 Å². The maximum atomic E-state index is 13.1. The molecule has 1 fully saturated rings. The first kappa shape index (κ1) is 35.2. The van der Waals surface area contributed by atoms with E-state index in [2.05, 4.69) is 28.3 Å². The highest BCUT2D eigenvalue weighted by Gasteiger charge is 2.27. The van der Waals surface area contributed by atoms with Crippen molar-refractivity contribution in [3.8, 4) is 5.75 Å². The van der Waals surface area contributed by atoms with Crippen molar-refractivity contribution < 1.29 is 14.3 Å². The van der Waals surface area contributed by atoms with Crippen LogP contribution in [0.1, 0.15) is 68.8 Å². The number of nitrogens with zero attached hydrogens (tertiary/aromatic N) is 3. The highest BCUT2D eigenvalue weighted by Crippen LogP contribution is 2.30. The smallest absolute Gasteiger partial charge is 0.234 e. The SMILES string of the molecule is CC1=Nc2ccccc2CC(N(C)C)=N1.CCOc1ccc(C(=O)CC(Sc2ccc(Cl)cc2)C(=O)NC2CCC(C)CC2)cc1. The number of nitrogens with one attached hydrogen (secondary N) is 1. The molecule has 2 aliphatic rings. The quantitative estimate of drug-likeness (QED) is 0.184. The number of hydrogen-bond acceptors (Lipinski definition) is 7. The monoisotopic (exact) mass is 660 g/mol. The molecule has 1 aliphatic heterocycles. The number of carbonyl (C=O) groups excluding carboxylic acids is 2. The molecule has 244 valence electrons. The number of Topliss-reactive ketones (excluding diaryl/α,β-unsaturated/α-hetero) is 1. The van der Waals surface area contributed by atoms with Crippen molar-refractivity contribution in [2.45, 2.75) is 75.5 Å². The summed E-state index contributed by atoms with van der Waals surface area (Å²) in [6.45, 7) is 6.69. The van der Waals surface area contributed by atoms with Crippen molar-refractivity contribution in [1.29, 1.82) is 0 Å². The normalized spacial score (nSPS) is 18.0. The van der Waals surface area contributed by atoms with E-state index in [0.29, 0.717) is 23.1 Å². The first-order chi connectivity index (χ1) is 22.1. The van der Waals surface area contributed by atoms with E-state index in [9.17, 15) is 9.59 Å². The summed E-state index contributed by atoms with van der Waals surface area (Å²) in [7, 11) is 4.03. The highest BCUT2D eigenvalue weighted by molar-refractivity contribution is 8.00. The maximum Gasteiger partial charge on any atom is 0.234 e. The largest absolute Gasteiger partial charge is 0.494 e. The Bertz CT molecular complexity index is 1510. The Labute approximate surface area is 282 Å². The number of hydrogen-bond donors (Lipinski definition) is 1. The van der Waals surface area contributed by atoms with E-state index in [0.717, 1.165) is 60.1 Å². The van der Waals surface area contributed by atoms with Gasteiger partial charge in [0, 0.05) is 48.5 Å². The summed E-state index contributed by atoms with van der Waals surface area (Å²) in [5.41, 5.74) is 2.86. The number of ether oxygens (including phenoxy) is 1. The number of para-hydroxylation sites is 1. The number of ketones is 1. The van der Waals surface area contributed by atoms with Crippen LogP contribution in [-0.2, 0) is 11.2 Å². The predicted molar refractivity (Wildman–Crippen MR) is 191 cm³/mol. The maximum absolute atomic E-state index is 13.1. The minimum Gasteiger partial charge on any atom is -0.494 e. The summed E-state index contributed by atoms with van der Waals surface area (Å²) in [5.74, 6) is 3.20. The van der Waals surface area contributed by atoms with Crippen LogP contribution in [0.4, 0.5) is 5.69 Å². The third-order valence-electron chi connectivity index (χ3n) is 8.03. The molecule has 0 aromatic heterocycles. The van der Waals surface area contributed by atoms with Gasteiger partial charge in [-0.2, -0.15) is 0 Å². The van der Waals surface area contributed by atoms with Gasteiger partial charge in [-0.15, -0.1) is 11.8 Å². The minimum atomic E-state index is -0.500. The third-order valence-corrected chi connectivity index (χ3v) is 9.50. The lowest BCUT2D eigenvalue weighted by molar-refractivity contribution is -0.121. The average molecular weight is 661 g/mol. The Hall–Kier alpha value is -3.62. The van der Waals surface area contributed by atoms with Crippen molar-refractivity contribution >= 4 is 52.4 Å². The van der Waals surface area contributed by atoms with E-state index < -0.39 is 5.25 Å². The lowest BCUT2D eigenvalue weighted by Gasteiger charge is -2.28. The molecular weight excluding hydrogens is 616 g/mol. The van der Waals surface area contributed by atoms with Crippen LogP contribution in [0.2, 0.25) is 5.02 Å². The van der Waals surface area contributed by atoms with Crippen molar-refractivity contribution in [3.63, 3.8) is 0 Å². The van der Waals surface area contributed by atoms with Crippen molar-refractivity contribution in [3.05, 3.63) is 88.9 Å². The zero-order valence-corrected chi connectivity index (χ0v) is 29.0. The molecule has 5 rings (SSSR count). The summed E-state index contributed by atoms with van der Waals surface area (Å²) in [5, 5.41) is 3.34. The number of likely N-dealkylation sites (N-methyl/N-ethyl adjacent to an activating group) is 1. The van der Waals surface area contributed by atoms with Gasteiger partial charge < -0.3 is 15.0 Å². The predicted octanol–water partition coefficient (Wildman–Crippen LogP) is 8.42. The second kappa shape index (κ2) is 17.3. The number of rotatable bonds is 9. The number of carbonyl (C=O) groups is 2. The number of benzene rings is 3. The number of amidine groups is 2. The zero-order valence-electron chi connectivity index (χ0n) is 27.5. The van der Waals surface area contributed by atoms with E-state index in [1.807, 2.05) is 63.2 Å². The Morgan fingerprint density at radius 3 is 2.30 bits per heavy atom. The first-order valence-corrected chi connectivity index (χ1v) is 17.2. The molecule has 1 atom stereocenters. The van der Waals surface area contributed by atoms with Crippen LogP contribution in [0.5, 0.6) is 5.75 Å². The van der Waals surface area contributed by atoms with Gasteiger partial charge in [0.1, 0.15) is 17.4 Å². The summed E-state index contributed by atoms with van der Waals surface area (Å²) >= 11 is 7.41. The van der Waals surface area contributed by atoms with Crippen LogP contribution < -0.4 is 10.1 Å². The lowest BCUT2D eigenvalue weighted by atomic mass is 9.87. The topological polar surface area (TPSA) is 83.4 Å². The lowest BCUT2D eigenvalue weighted by Crippen LogP contribution is -2.42. The summed E-state index contributed by atoms with van der Waals surface area (Å²) in [4.78, 5) is 38.0. The minimum absolute atomic E-state index is 0.0538. The van der Waals surface area contributed by atoms with Gasteiger partial charge in [0.05, 0.1) is 17.5 Å². The summed E-state index contributed by atoms with van der Waals surface area (Å²) < 4.78 is 5.45. The van der Waals surface area contributed by atoms with Gasteiger partial charge in [-0.1, -0.05) is 36.7 Å². The van der Waals surface area contributed by atoms with Crippen molar-refractivity contribution in [2.24, 2.45) is 15.9 Å². The average Bonchev–Trinajstić information content (AvgIpc) is 3.22. The standard InChI is InChI=1S/C25H30ClNO3S.C12H15N3/c1-3-30-21-12-6-18(7-13-21)23(28)16-24(31-22-14-8-19(26)9-15-22)25(29)27-20-10-4-17(2)5-11-20;1-9-13-11-7-5-4-6-10(11)8-12(14-9)15(2)3/h6-9,12-15,17,20,24H,3-5,10-11,16H2,1-2H3,(H,27,29);4-7H,8H2,1-3H3.